The van der Waals surface area contributed by atoms with Gasteiger partial charge in [0.15, 0.2) is 0 Å². The second kappa shape index (κ2) is 15.0. The average Bonchev–Trinajstić information content (AvgIpc) is 3.08. The molecule has 6 rings (SSSR count). The third-order valence-corrected chi connectivity index (χ3v) is 9.78. The molecule has 0 aliphatic rings. The van der Waals surface area contributed by atoms with Gasteiger partial charge in [0.2, 0.25) is 0 Å². The standard InChI is InChI=1S/C36H28O8P2S/c37-45(39-29-13-5-1-6-14-29,40-30-15-7-2-8-16-30)43-33-21-25-35(26-22-33)47-36-27-23-34(24-28-36)44-46(38,41-31-17-9-3-10-18-31)42-32-19-11-4-12-20-32/h1-28H. The van der Waals surface area contributed by atoms with Crippen LogP contribution in [0, 0.1) is 0 Å². The van der Waals surface area contributed by atoms with Crippen molar-refractivity contribution < 1.29 is 36.3 Å². The van der Waals surface area contributed by atoms with Crippen molar-refractivity contribution in [1.82, 2.24) is 0 Å². The molecule has 8 nitrogen and oxygen atoms in total. The second-order valence-electron chi connectivity index (χ2n) is 9.74. The van der Waals surface area contributed by atoms with Crippen LogP contribution < -0.4 is 27.1 Å². The van der Waals surface area contributed by atoms with E-state index in [1.807, 2.05) is 48.5 Å². The maximum absolute atomic E-state index is 13.7. The largest absolute Gasteiger partial charge is 0.647 e. The summed E-state index contributed by atoms with van der Waals surface area (Å²) >= 11 is 1.48. The maximum atomic E-state index is 13.7. The molecule has 236 valence electrons. The first kappa shape index (κ1) is 31.9. The summed E-state index contributed by atoms with van der Waals surface area (Å²) in [5.41, 5.74) is 0. The maximum Gasteiger partial charge on any atom is 0.647 e. The fraction of sp³-hybridized carbons (Fsp3) is 0. The van der Waals surface area contributed by atoms with Gasteiger partial charge in [-0.05, 0) is 97.1 Å². The van der Waals surface area contributed by atoms with Crippen LogP contribution in [0.5, 0.6) is 34.5 Å². The molecule has 0 N–H and O–H groups in total. The van der Waals surface area contributed by atoms with Gasteiger partial charge in [0, 0.05) is 9.79 Å². The summed E-state index contributed by atoms with van der Waals surface area (Å²) in [6.45, 7) is 0. The molecular weight excluding hydrogens is 654 g/mol. The molecule has 0 aliphatic carbocycles. The van der Waals surface area contributed by atoms with Crippen LogP contribution in [0.3, 0.4) is 0 Å². The number of hydrogen-bond acceptors (Lipinski definition) is 9. The second-order valence-corrected chi connectivity index (χ2v) is 13.8. The Kier molecular flexibility index (Phi) is 10.2. The van der Waals surface area contributed by atoms with Gasteiger partial charge in [-0.15, -0.1) is 0 Å². The fourth-order valence-corrected chi connectivity index (χ4v) is 7.40. The Morgan fingerprint density at radius 3 is 0.745 bits per heavy atom. The Labute approximate surface area is 277 Å². The van der Waals surface area contributed by atoms with E-state index in [9.17, 15) is 9.13 Å². The van der Waals surface area contributed by atoms with E-state index in [1.165, 1.54) is 11.8 Å². The van der Waals surface area contributed by atoms with E-state index in [0.717, 1.165) is 9.79 Å². The van der Waals surface area contributed by atoms with E-state index >= 15 is 0 Å². The summed E-state index contributed by atoms with van der Waals surface area (Å²) < 4.78 is 61.8. The minimum atomic E-state index is -4.10. The van der Waals surface area contributed by atoms with Gasteiger partial charge in [0.05, 0.1) is 0 Å². The molecule has 0 saturated carbocycles. The summed E-state index contributed by atoms with van der Waals surface area (Å²) in [6, 6.07) is 48.9. The van der Waals surface area contributed by atoms with Gasteiger partial charge in [-0.3, -0.25) is 0 Å². The highest BCUT2D eigenvalue weighted by Gasteiger charge is 2.34. The smallest absolute Gasteiger partial charge is 0.386 e. The average molecular weight is 683 g/mol. The zero-order chi connectivity index (χ0) is 32.4. The van der Waals surface area contributed by atoms with Crippen LogP contribution in [0.15, 0.2) is 180 Å². The van der Waals surface area contributed by atoms with Crippen LogP contribution in [-0.4, -0.2) is 0 Å². The van der Waals surface area contributed by atoms with Crippen LogP contribution in [0.25, 0.3) is 0 Å². The van der Waals surface area contributed by atoms with Crippen molar-refractivity contribution in [2.24, 2.45) is 0 Å². The number of phosphoric acid groups is 2. The Hall–Kier alpha value is -5.07. The van der Waals surface area contributed by atoms with Crippen LogP contribution in [-0.2, 0) is 9.13 Å². The molecular formula is C36H28O8P2S. The quantitative estimate of drug-likeness (QED) is 0.104. The molecule has 0 radical (unpaired) electrons. The van der Waals surface area contributed by atoms with Crippen molar-refractivity contribution in [2.75, 3.05) is 0 Å². The number of hydrogen-bond donors (Lipinski definition) is 0. The highest BCUT2D eigenvalue weighted by Crippen LogP contribution is 2.51. The van der Waals surface area contributed by atoms with Crippen molar-refractivity contribution >= 4 is 27.4 Å². The predicted octanol–water partition coefficient (Wildman–Crippen LogP) is 11.1. The zero-order valence-electron chi connectivity index (χ0n) is 24.7. The molecule has 0 bridgehead atoms. The highest BCUT2D eigenvalue weighted by molar-refractivity contribution is 7.99. The lowest BCUT2D eigenvalue weighted by atomic mass is 10.3. The van der Waals surface area contributed by atoms with Crippen molar-refractivity contribution in [3.63, 3.8) is 0 Å². The predicted molar refractivity (Wildman–Crippen MR) is 182 cm³/mol. The molecule has 0 aliphatic heterocycles. The van der Waals surface area contributed by atoms with Gasteiger partial charge in [-0.2, -0.15) is 9.13 Å². The van der Waals surface area contributed by atoms with Gasteiger partial charge in [0.1, 0.15) is 34.5 Å². The van der Waals surface area contributed by atoms with Crippen molar-refractivity contribution in [1.29, 1.82) is 0 Å². The molecule has 6 aromatic carbocycles. The van der Waals surface area contributed by atoms with Crippen LogP contribution >= 0.6 is 27.4 Å². The van der Waals surface area contributed by atoms with Crippen molar-refractivity contribution in [3.05, 3.63) is 170 Å². The summed E-state index contributed by atoms with van der Waals surface area (Å²) in [5.74, 6) is 2.01. The number of para-hydroxylation sites is 4. The Morgan fingerprint density at radius 1 is 0.298 bits per heavy atom. The fourth-order valence-electron chi connectivity index (χ4n) is 4.08. The van der Waals surface area contributed by atoms with Gasteiger partial charge in [-0.25, -0.2) is 0 Å². The van der Waals surface area contributed by atoms with E-state index in [2.05, 4.69) is 0 Å². The minimum absolute atomic E-state index is 0.306. The lowest BCUT2D eigenvalue weighted by Gasteiger charge is -2.19. The van der Waals surface area contributed by atoms with Crippen molar-refractivity contribution in [2.45, 2.75) is 9.79 Å². The number of benzene rings is 6. The molecule has 0 aromatic heterocycles. The van der Waals surface area contributed by atoms with Crippen LogP contribution in [0.4, 0.5) is 0 Å². The first-order chi connectivity index (χ1) is 22.9. The minimum Gasteiger partial charge on any atom is -0.386 e. The van der Waals surface area contributed by atoms with Crippen LogP contribution in [0.1, 0.15) is 0 Å². The first-order valence-electron chi connectivity index (χ1n) is 14.4. The summed E-state index contributed by atoms with van der Waals surface area (Å²) in [5, 5.41) is 0. The SMILES string of the molecule is O=P(Oc1ccccc1)(Oc1ccccc1)Oc1ccc(Sc2ccc(OP(=O)(Oc3ccccc3)Oc3ccccc3)cc2)cc1. The van der Waals surface area contributed by atoms with E-state index < -0.39 is 15.6 Å². The van der Waals surface area contributed by atoms with Gasteiger partial charge in [-0.1, -0.05) is 84.6 Å². The van der Waals surface area contributed by atoms with E-state index in [4.69, 9.17) is 27.1 Å². The Balaban J connectivity index is 1.12. The lowest BCUT2D eigenvalue weighted by molar-refractivity contribution is 0.296. The normalized spacial score (nSPS) is 11.2. The van der Waals surface area contributed by atoms with Gasteiger partial charge >= 0.3 is 15.6 Å². The number of rotatable bonds is 14. The van der Waals surface area contributed by atoms with E-state index in [1.54, 1.807) is 121 Å². The molecule has 0 heterocycles. The monoisotopic (exact) mass is 682 g/mol. The van der Waals surface area contributed by atoms with Crippen molar-refractivity contribution in [3.8, 4) is 34.5 Å². The lowest BCUT2D eigenvalue weighted by Crippen LogP contribution is -2.07. The molecule has 47 heavy (non-hydrogen) atoms. The molecule has 6 aromatic rings. The molecule has 0 saturated heterocycles. The topological polar surface area (TPSA) is 89.5 Å². The van der Waals surface area contributed by atoms with Gasteiger partial charge in [0.25, 0.3) is 0 Å². The third-order valence-electron chi connectivity index (χ3n) is 6.16. The van der Waals surface area contributed by atoms with E-state index in [0.29, 0.717) is 34.5 Å². The zero-order valence-corrected chi connectivity index (χ0v) is 27.3. The summed E-state index contributed by atoms with van der Waals surface area (Å²) in [4.78, 5) is 1.78. The molecule has 0 amide bonds. The molecule has 0 unspecified atom stereocenters. The molecule has 11 heteroatoms. The summed E-state index contributed by atoms with van der Waals surface area (Å²) in [7, 11) is -8.20. The van der Waals surface area contributed by atoms with Gasteiger partial charge < -0.3 is 27.1 Å². The highest BCUT2D eigenvalue weighted by atomic mass is 32.2. The molecule has 0 fully saturated rings. The van der Waals surface area contributed by atoms with E-state index in [-0.39, 0.29) is 0 Å². The third kappa shape index (κ3) is 9.47. The first-order valence-corrected chi connectivity index (χ1v) is 18.1. The van der Waals surface area contributed by atoms with Crippen LogP contribution in [0.2, 0.25) is 0 Å². The summed E-state index contributed by atoms with van der Waals surface area (Å²) in [6.07, 6.45) is 0. The molecule has 0 spiro atoms. The Morgan fingerprint density at radius 2 is 0.511 bits per heavy atom. The Bertz CT molecular complexity index is 1710. The number of phosphoric ester groups is 2. The molecule has 0 atom stereocenters.